The fraction of sp³-hybridized carbons (Fsp3) is 0.133. The highest BCUT2D eigenvalue weighted by Crippen LogP contribution is 2.29. The van der Waals surface area contributed by atoms with Crippen molar-refractivity contribution in [2.45, 2.75) is 0 Å². The lowest BCUT2D eigenvalue weighted by Gasteiger charge is -2.10. The summed E-state index contributed by atoms with van der Waals surface area (Å²) in [4.78, 5) is 10.8. The summed E-state index contributed by atoms with van der Waals surface area (Å²) in [7, 11) is 0. The van der Waals surface area contributed by atoms with Gasteiger partial charge in [0, 0.05) is 0 Å². The van der Waals surface area contributed by atoms with Crippen LogP contribution in [0.5, 0.6) is 17.2 Å². The number of carboxylic acids is 1. The minimum absolute atomic E-state index is 0.126. The summed E-state index contributed by atoms with van der Waals surface area (Å²) >= 11 is 0. The Bertz CT molecular complexity index is 580. The van der Waals surface area contributed by atoms with E-state index in [0.29, 0.717) is 6.61 Å². The third-order valence-electron chi connectivity index (χ3n) is 2.58. The topological polar surface area (TPSA) is 76.0 Å². The lowest BCUT2D eigenvalue weighted by atomic mass is 10.2. The van der Waals surface area contributed by atoms with Crippen molar-refractivity contribution >= 4 is 5.97 Å². The van der Waals surface area contributed by atoms with E-state index in [2.05, 4.69) is 0 Å². The molecule has 0 aromatic heterocycles. The number of rotatable bonds is 6. The summed E-state index contributed by atoms with van der Waals surface area (Å²) < 4.78 is 10.7. The van der Waals surface area contributed by atoms with E-state index in [-0.39, 0.29) is 23.7 Å². The van der Waals surface area contributed by atoms with Gasteiger partial charge in [-0.25, -0.2) is 4.79 Å². The van der Waals surface area contributed by atoms with E-state index in [4.69, 9.17) is 14.6 Å². The van der Waals surface area contributed by atoms with Crippen LogP contribution in [0.25, 0.3) is 0 Å². The molecule has 0 spiro atoms. The number of ether oxygens (including phenoxy) is 2. The van der Waals surface area contributed by atoms with E-state index in [1.807, 2.05) is 30.3 Å². The Balaban J connectivity index is 1.88. The van der Waals surface area contributed by atoms with Crippen molar-refractivity contribution in [1.82, 2.24) is 0 Å². The lowest BCUT2D eigenvalue weighted by molar-refractivity contribution is 0.0692. The number of carbonyl (C=O) groups is 1. The third-order valence-corrected chi connectivity index (χ3v) is 2.58. The molecule has 0 radical (unpaired) electrons. The van der Waals surface area contributed by atoms with Crippen molar-refractivity contribution in [1.29, 1.82) is 0 Å². The second-order valence-corrected chi connectivity index (χ2v) is 3.97. The van der Waals surface area contributed by atoms with Gasteiger partial charge in [0.05, 0.1) is 0 Å². The Kier molecular flexibility index (Phi) is 4.44. The van der Waals surface area contributed by atoms with Crippen molar-refractivity contribution in [3.05, 3.63) is 54.1 Å². The zero-order chi connectivity index (χ0) is 14.4. The van der Waals surface area contributed by atoms with Crippen LogP contribution in [0.4, 0.5) is 0 Å². The summed E-state index contributed by atoms with van der Waals surface area (Å²) in [6.45, 7) is 0.492. The first-order chi connectivity index (χ1) is 9.68. The fourth-order valence-electron chi connectivity index (χ4n) is 1.64. The van der Waals surface area contributed by atoms with Gasteiger partial charge >= 0.3 is 5.97 Å². The number of carboxylic acid groups (broad SMARTS) is 1. The molecule has 0 fully saturated rings. The standard InChI is InChI=1S/C15H14O5/c16-14-12(15(17)18)7-4-8-13(14)20-10-9-19-11-5-2-1-3-6-11/h1-8,16H,9-10H2,(H,17,18). The van der Waals surface area contributed by atoms with Gasteiger partial charge < -0.3 is 19.7 Å². The fourth-order valence-corrected chi connectivity index (χ4v) is 1.64. The van der Waals surface area contributed by atoms with Gasteiger partial charge in [0.2, 0.25) is 0 Å². The summed E-state index contributed by atoms with van der Waals surface area (Å²) in [6, 6.07) is 13.6. The van der Waals surface area contributed by atoms with E-state index < -0.39 is 5.97 Å². The molecule has 0 aliphatic rings. The van der Waals surface area contributed by atoms with Crippen LogP contribution in [0.3, 0.4) is 0 Å². The number of aromatic carboxylic acids is 1. The summed E-state index contributed by atoms with van der Waals surface area (Å²) in [5.41, 5.74) is -0.188. The Morgan fingerprint density at radius 2 is 1.65 bits per heavy atom. The minimum atomic E-state index is -1.20. The molecule has 0 saturated carbocycles. The first-order valence-corrected chi connectivity index (χ1v) is 6.04. The van der Waals surface area contributed by atoms with Gasteiger partial charge in [-0.05, 0) is 24.3 Å². The van der Waals surface area contributed by atoms with Crippen LogP contribution < -0.4 is 9.47 Å². The van der Waals surface area contributed by atoms with Crippen LogP contribution in [0.1, 0.15) is 10.4 Å². The second-order valence-electron chi connectivity index (χ2n) is 3.97. The molecular weight excluding hydrogens is 260 g/mol. The van der Waals surface area contributed by atoms with Crippen LogP contribution in [0.2, 0.25) is 0 Å². The van der Waals surface area contributed by atoms with Crippen LogP contribution in [-0.4, -0.2) is 29.4 Å². The van der Waals surface area contributed by atoms with Gasteiger partial charge in [-0.3, -0.25) is 0 Å². The minimum Gasteiger partial charge on any atom is -0.504 e. The van der Waals surface area contributed by atoms with E-state index in [1.54, 1.807) is 0 Å². The first-order valence-electron chi connectivity index (χ1n) is 6.04. The van der Waals surface area contributed by atoms with E-state index >= 15 is 0 Å². The van der Waals surface area contributed by atoms with E-state index in [0.717, 1.165) is 5.75 Å². The molecule has 0 aliphatic heterocycles. The van der Waals surface area contributed by atoms with Gasteiger partial charge in [-0.2, -0.15) is 0 Å². The Morgan fingerprint density at radius 1 is 0.950 bits per heavy atom. The second kappa shape index (κ2) is 6.47. The van der Waals surface area contributed by atoms with Crippen LogP contribution in [0.15, 0.2) is 48.5 Å². The van der Waals surface area contributed by atoms with E-state index in [9.17, 15) is 9.90 Å². The highest BCUT2D eigenvalue weighted by molar-refractivity contribution is 5.91. The SMILES string of the molecule is O=C(O)c1cccc(OCCOc2ccccc2)c1O. The Morgan fingerprint density at radius 3 is 2.35 bits per heavy atom. The maximum absolute atomic E-state index is 10.8. The molecule has 2 rings (SSSR count). The zero-order valence-corrected chi connectivity index (χ0v) is 10.7. The average Bonchev–Trinajstić information content (AvgIpc) is 2.46. The molecule has 0 aliphatic carbocycles. The molecule has 5 nitrogen and oxygen atoms in total. The predicted molar refractivity (Wildman–Crippen MR) is 72.5 cm³/mol. The van der Waals surface area contributed by atoms with Crippen molar-refractivity contribution < 1.29 is 24.5 Å². The molecule has 20 heavy (non-hydrogen) atoms. The van der Waals surface area contributed by atoms with Gasteiger partial charge in [0.25, 0.3) is 0 Å². The van der Waals surface area contributed by atoms with E-state index in [1.165, 1.54) is 18.2 Å². The normalized spacial score (nSPS) is 10.0. The average molecular weight is 274 g/mol. The summed E-state index contributed by atoms with van der Waals surface area (Å²) in [6.07, 6.45) is 0. The van der Waals surface area contributed by atoms with Gasteiger partial charge in [-0.15, -0.1) is 0 Å². The molecule has 0 amide bonds. The largest absolute Gasteiger partial charge is 0.504 e. The molecule has 2 aromatic carbocycles. The molecule has 0 unspecified atom stereocenters. The first kappa shape index (κ1) is 13.7. The van der Waals surface area contributed by atoms with Crippen molar-refractivity contribution in [2.75, 3.05) is 13.2 Å². The number of para-hydroxylation sites is 2. The molecule has 0 bridgehead atoms. The highest BCUT2D eigenvalue weighted by atomic mass is 16.5. The molecule has 2 N–H and O–H groups in total. The maximum Gasteiger partial charge on any atom is 0.339 e. The molecular formula is C15H14O5. The van der Waals surface area contributed by atoms with Gasteiger partial charge in [-0.1, -0.05) is 24.3 Å². The van der Waals surface area contributed by atoms with Crippen LogP contribution in [-0.2, 0) is 0 Å². The predicted octanol–water partition coefficient (Wildman–Crippen LogP) is 2.55. The number of phenols is 1. The molecule has 2 aromatic rings. The summed E-state index contributed by atoms with van der Waals surface area (Å²) in [5, 5.41) is 18.6. The molecule has 104 valence electrons. The molecule has 0 atom stereocenters. The molecule has 0 saturated heterocycles. The van der Waals surface area contributed by atoms with Crippen molar-refractivity contribution in [3.63, 3.8) is 0 Å². The smallest absolute Gasteiger partial charge is 0.339 e. The maximum atomic E-state index is 10.8. The third kappa shape index (κ3) is 3.41. The molecule has 5 heteroatoms. The highest BCUT2D eigenvalue weighted by Gasteiger charge is 2.13. The van der Waals surface area contributed by atoms with Crippen molar-refractivity contribution in [2.24, 2.45) is 0 Å². The molecule has 0 heterocycles. The van der Waals surface area contributed by atoms with Crippen LogP contribution >= 0.6 is 0 Å². The number of hydrogen-bond donors (Lipinski definition) is 2. The van der Waals surface area contributed by atoms with Crippen LogP contribution in [0, 0.1) is 0 Å². The number of hydrogen-bond acceptors (Lipinski definition) is 4. The van der Waals surface area contributed by atoms with Crippen molar-refractivity contribution in [3.8, 4) is 17.2 Å². The van der Waals surface area contributed by atoms with Gasteiger partial charge in [0.15, 0.2) is 11.5 Å². The Hall–Kier alpha value is -2.69. The zero-order valence-electron chi connectivity index (χ0n) is 10.7. The summed E-state index contributed by atoms with van der Waals surface area (Å²) in [5.74, 6) is -0.727. The van der Waals surface area contributed by atoms with Gasteiger partial charge in [0.1, 0.15) is 24.5 Å². The lowest BCUT2D eigenvalue weighted by Crippen LogP contribution is -2.09. The monoisotopic (exact) mass is 274 g/mol. The number of aromatic hydroxyl groups is 1. The quantitative estimate of drug-likeness (QED) is 0.792. The Labute approximate surface area is 116 Å². The number of benzene rings is 2.